The van der Waals surface area contributed by atoms with Gasteiger partial charge in [0.1, 0.15) is 35.8 Å². The Bertz CT molecular complexity index is 1650. The number of carbonyl (C=O) groups excluding carboxylic acids is 2. The Morgan fingerprint density at radius 3 is 1.65 bits per heavy atom. The third kappa shape index (κ3) is 15.2. The van der Waals surface area contributed by atoms with E-state index in [1.807, 2.05) is 0 Å². The molecular weight excluding hydrogens is 698 g/mol. The molecule has 0 spiro atoms. The minimum absolute atomic E-state index is 0. The fourth-order valence-corrected chi connectivity index (χ4v) is 3.70. The number of nitrogens with zero attached hydrogens (tertiary/aromatic N) is 3. The van der Waals surface area contributed by atoms with E-state index in [-0.39, 0.29) is 62.9 Å². The third-order valence-electron chi connectivity index (χ3n) is 5.97. The highest BCUT2D eigenvalue weighted by Crippen LogP contribution is 2.31. The molecule has 0 saturated heterocycles. The number of ether oxygens (including phenoxy) is 4. The first-order valence-electron chi connectivity index (χ1n) is 13.8. The van der Waals surface area contributed by atoms with Gasteiger partial charge in [0.25, 0.3) is 31.0 Å². The molecule has 2 amide bonds. The van der Waals surface area contributed by atoms with Crippen LogP contribution in [0.5, 0.6) is 11.5 Å². The van der Waals surface area contributed by atoms with Crippen molar-refractivity contribution in [3.8, 4) is 11.5 Å². The molecule has 2 aromatic carbocycles. The topological polar surface area (TPSA) is 174 Å². The van der Waals surface area contributed by atoms with Crippen molar-refractivity contribution in [1.29, 1.82) is 0 Å². The summed E-state index contributed by atoms with van der Waals surface area (Å²) in [6.07, 6.45) is 2.18. The SMILES string of the molecule is NC(=O)c1ccc[n+](COCCOc2ccc([N+](=O)[O-])cc2)c1.NC(=O)c1ccc[n+](COCCOc2cccc(C(F)(F)F)c2)c1.[Cl-].[Cl-]. The van der Waals surface area contributed by atoms with Gasteiger partial charge in [0.05, 0.1) is 23.7 Å². The first-order chi connectivity index (χ1) is 22.4. The van der Waals surface area contributed by atoms with Gasteiger partial charge in [0.2, 0.25) is 0 Å². The van der Waals surface area contributed by atoms with Crippen LogP contribution in [0, 0.1) is 10.1 Å². The van der Waals surface area contributed by atoms with E-state index in [2.05, 4.69) is 0 Å². The molecule has 2 heterocycles. The number of hydrogen-bond donors (Lipinski definition) is 2. The molecule has 4 N–H and O–H groups in total. The lowest BCUT2D eigenvalue weighted by atomic mass is 10.2. The molecule has 0 bridgehead atoms. The molecule has 0 fully saturated rings. The van der Waals surface area contributed by atoms with Gasteiger partial charge >= 0.3 is 6.18 Å². The number of halogens is 5. The predicted molar refractivity (Wildman–Crippen MR) is 158 cm³/mol. The van der Waals surface area contributed by atoms with Crippen LogP contribution in [-0.4, -0.2) is 43.2 Å². The standard InChI is InChI=1S/C16H15F3N2O3.C15H15N3O5.2ClH/c17-16(18,19)13-4-1-5-14(9-13)24-8-7-23-11-21-6-2-3-12(10-21)15(20)22;16-15(19)12-2-1-7-17(10-12)11-22-8-9-23-14-5-3-13(4-6-14)18(20)21;;/h1-6,9-10H,7-8,11H2,(H-,20,22);1-7,10H,8-9,11H2,(H-,16,19);2*1H. The number of nitrogens with two attached hydrogens (primary N) is 2. The highest BCUT2D eigenvalue weighted by molar-refractivity contribution is 5.92. The minimum Gasteiger partial charge on any atom is -1.00 e. The third-order valence-corrected chi connectivity index (χ3v) is 5.97. The summed E-state index contributed by atoms with van der Waals surface area (Å²) in [6.45, 7) is 1.30. The first-order valence-corrected chi connectivity index (χ1v) is 13.8. The maximum absolute atomic E-state index is 12.6. The van der Waals surface area contributed by atoms with Gasteiger partial charge in [0.15, 0.2) is 24.8 Å². The monoisotopic (exact) mass is 729 g/mol. The summed E-state index contributed by atoms with van der Waals surface area (Å²) in [5.41, 5.74) is 10.4. The normalized spacial score (nSPS) is 10.3. The van der Waals surface area contributed by atoms with Gasteiger partial charge in [-0.2, -0.15) is 22.3 Å². The van der Waals surface area contributed by atoms with Crippen molar-refractivity contribution in [2.24, 2.45) is 11.5 Å². The van der Waals surface area contributed by atoms with Crippen molar-refractivity contribution < 1.29 is 80.6 Å². The van der Waals surface area contributed by atoms with Crippen LogP contribution < -0.4 is 54.9 Å². The van der Waals surface area contributed by atoms with Crippen molar-refractivity contribution in [3.63, 3.8) is 0 Å². The van der Waals surface area contributed by atoms with E-state index in [4.69, 9.17) is 30.4 Å². The first kappa shape index (κ1) is 42.0. The van der Waals surface area contributed by atoms with Gasteiger partial charge < -0.3 is 55.2 Å². The van der Waals surface area contributed by atoms with Crippen molar-refractivity contribution in [1.82, 2.24) is 0 Å². The zero-order valence-electron chi connectivity index (χ0n) is 25.6. The van der Waals surface area contributed by atoms with Gasteiger partial charge in [0, 0.05) is 24.3 Å². The molecule has 0 aliphatic carbocycles. The molecule has 264 valence electrons. The van der Waals surface area contributed by atoms with Crippen molar-refractivity contribution >= 4 is 17.5 Å². The second-order valence-electron chi connectivity index (χ2n) is 9.49. The molecule has 2 aromatic heterocycles. The van der Waals surface area contributed by atoms with Crippen molar-refractivity contribution in [2.75, 3.05) is 26.4 Å². The van der Waals surface area contributed by atoms with Gasteiger partial charge in [-0.05, 0) is 42.5 Å². The molecule has 0 aliphatic rings. The molecular formula is C31H32Cl2F3N5O8. The van der Waals surface area contributed by atoms with E-state index < -0.39 is 28.5 Å². The Morgan fingerprint density at radius 2 is 1.20 bits per heavy atom. The molecule has 49 heavy (non-hydrogen) atoms. The van der Waals surface area contributed by atoms with Crippen LogP contribution in [0.4, 0.5) is 18.9 Å². The summed E-state index contributed by atoms with van der Waals surface area (Å²) >= 11 is 0. The average Bonchev–Trinajstić information content (AvgIpc) is 3.05. The van der Waals surface area contributed by atoms with E-state index in [9.17, 15) is 32.9 Å². The molecule has 0 saturated carbocycles. The molecule has 13 nitrogen and oxygen atoms in total. The van der Waals surface area contributed by atoms with Crippen LogP contribution >= 0.6 is 0 Å². The number of pyridine rings is 2. The molecule has 0 radical (unpaired) electrons. The van der Waals surface area contributed by atoms with Gasteiger partial charge in [-0.25, -0.2) is 0 Å². The lowest BCUT2D eigenvalue weighted by Gasteiger charge is -2.10. The number of amides is 2. The molecule has 4 aromatic rings. The molecule has 4 rings (SSSR count). The molecule has 18 heteroatoms. The summed E-state index contributed by atoms with van der Waals surface area (Å²) in [7, 11) is 0. The second-order valence-corrected chi connectivity index (χ2v) is 9.49. The van der Waals surface area contributed by atoms with E-state index >= 15 is 0 Å². The van der Waals surface area contributed by atoms with Gasteiger partial charge in [-0.15, -0.1) is 0 Å². The summed E-state index contributed by atoms with van der Waals surface area (Å²) in [4.78, 5) is 32.2. The predicted octanol–water partition coefficient (Wildman–Crippen LogP) is -2.81. The molecule has 0 unspecified atom stereocenters. The van der Waals surface area contributed by atoms with Crippen LogP contribution in [0.3, 0.4) is 0 Å². The zero-order chi connectivity index (χ0) is 34.2. The largest absolute Gasteiger partial charge is 1.00 e. The Kier molecular flexibility index (Phi) is 18.0. The summed E-state index contributed by atoms with van der Waals surface area (Å²) in [5, 5.41) is 10.5. The van der Waals surface area contributed by atoms with Crippen LogP contribution in [0.25, 0.3) is 0 Å². The quantitative estimate of drug-likeness (QED) is 0.0571. The Hall–Kier alpha value is -5.03. The van der Waals surface area contributed by atoms with E-state index in [0.717, 1.165) is 12.1 Å². The number of non-ortho nitro benzene ring substituents is 1. The highest BCUT2D eigenvalue weighted by Gasteiger charge is 2.30. The number of nitro groups is 1. The fourth-order valence-electron chi connectivity index (χ4n) is 3.70. The van der Waals surface area contributed by atoms with Gasteiger partial charge in [-0.1, -0.05) is 6.07 Å². The zero-order valence-corrected chi connectivity index (χ0v) is 27.1. The number of hydrogen-bond acceptors (Lipinski definition) is 8. The number of rotatable bonds is 15. The molecule has 0 atom stereocenters. The highest BCUT2D eigenvalue weighted by atomic mass is 35.5. The number of carbonyl (C=O) groups is 2. The number of primary amides is 2. The number of benzene rings is 2. The van der Waals surface area contributed by atoms with Crippen molar-refractivity contribution in [3.05, 3.63) is 124 Å². The Morgan fingerprint density at radius 1 is 0.714 bits per heavy atom. The van der Waals surface area contributed by atoms with E-state index in [1.165, 1.54) is 42.6 Å². The van der Waals surface area contributed by atoms with Crippen LogP contribution in [0.1, 0.15) is 26.3 Å². The number of nitro benzene ring substituents is 1. The number of aromatic nitrogens is 2. The van der Waals surface area contributed by atoms with Gasteiger partial charge in [-0.3, -0.25) is 19.7 Å². The smallest absolute Gasteiger partial charge is 0.416 e. The summed E-state index contributed by atoms with van der Waals surface area (Å²) < 4.78 is 62.4. The molecule has 0 aliphatic heterocycles. The van der Waals surface area contributed by atoms with Crippen LogP contribution in [0.15, 0.2) is 97.6 Å². The summed E-state index contributed by atoms with van der Waals surface area (Å²) in [5.74, 6) is -0.391. The van der Waals surface area contributed by atoms with E-state index in [1.54, 1.807) is 52.0 Å². The lowest BCUT2D eigenvalue weighted by molar-refractivity contribution is -0.733. The Balaban J connectivity index is 0.000000471. The maximum atomic E-state index is 12.6. The van der Waals surface area contributed by atoms with Crippen LogP contribution in [0.2, 0.25) is 0 Å². The Labute approximate surface area is 291 Å². The van der Waals surface area contributed by atoms with E-state index in [0.29, 0.717) is 30.1 Å². The minimum atomic E-state index is -4.40. The number of alkyl halides is 3. The van der Waals surface area contributed by atoms with Crippen molar-refractivity contribution in [2.45, 2.75) is 19.6 Å². The maximum Gasteiger partial charge on any atom is 0.416 e. The summed E-state index contributed by atoms with van der Waals surface area (Å²) in [6, 6.07) is 17.0. The fraction of sp³-hybridized carbons (Fsp3) is 0.226. The second kappa shape index (κ2) is 21.0. The average molecular weight is 731 g/mol. The lowest BCUT2D eigenvalue weighted by Crippen LogP contribution is -3.00. The van der Waals surface area contributed by atoms with Crippen LogP contribution in [-0.2, 0) is 29.1 Å².